The normalized spacial score (nSPS) is 14.0. The fourth-order valence-electron chi connectivity index (χ4n) is 4.07. The number of imide groups is 1. The van der Waals surface area contributed by atoms with E-state index in [0.717, 1.165) is 16.8 Å². The van der Waals surface area contributed by atoms with Gasteiger partial charge in [0, 0.05) is 12.2 Å². The fraction of sp³-hybridized carbons (Fsp3) is 0.214. The molecule has 0 bridgehead atoms. The molecule has 1 aliphatic rings. The van der Waals surface area contributed by atoms with Gasteiger partial charge in [-0.05, 0) is 55.2 Å². The lowest BCUT2D eigenvalue weighted by Gasteiger charge is -2.25. The first kappa shape index (κ1) is 21.6. The van der Waals surface area contributed by atoms with Gasteiger partial charge in [-0.15, -0.1) is 0 Å². The summed E-state index contributed by atoms with van der Waals surface area (Å²) >= 11 is 0. The van der Waals surface area contributed by atoms with Crippen molar-refractivity contribution in [2.45, 2.75) is 33.6 Å². The number of para-hydroxylation sites is 1. The minimum Gasteiger partial charge on any atom is -0.337 e. The van der Waals surface area contributed by atoms with Gasteiger partial charge in [0.2, 0.25) is 0 Å². The van der Waals surface area contributed by atoms with Crippen molar-refractivity contribution >= 4 is 28.8 Å². The topological polar surface area (TPSA) is 40.6 Å². The van der Waals surface area contributed by atoms with Crippen LogP contribution < -0.4 is 9.80 Å². The predicted octanol–water partition coefficient (Wildman–Crippen LogP) is 5.93. The molecule has 4 rings (SSSR count). The highest BCUT2D eigenvalue weighted by molar-refractivity contribution is 6.46. The second-order valence-corrected chi connectivity index (χ2v) is 8.36. The Labute approximate surface area is 189 Å². The summed E-state index contributed by atoms with van der Waals surface area (Å²) in [6.07, 6.45) is 0. The van der Waals surface area contributed by atoms with Crippen molar-refractivity contribution in [1.29, 1.82) is 0 Å². The molecule has 2 amide bonds. The lowest BCUT2D eigenvalue weighted by molar-refractivity contribution is -0.120. The standard InChI is InChI=1S/C28H28N2O2/c1-5-29(23-9-7-6-8-10-23)26-25(22-13-11-20(4)12-14-22)27(31)30(28(26)32)24-17-15-21(16-18-24)19(2)3/h6-19H,5H2,1-4H3. The van der Waals surface area contributed by atoms with Crippen molar-refractivity contribution in [1.82, 2.24) is 0 Å². The number of benzene rings is 3. The highest BCUT2D eigenvalue weighted by Gasteiger charge is 2.42. The van der Waals surface area contributed by atoms with Crippen LogP contribution in [0.25, 0.3) is 5.57 Å². The molecular formula is C28H28N2O2. The van der Waals surface area contributed by atoms with Gasteiger partial charge in [-0.25, -0.2) is 4.90 Å². The highest BCUT2D eigenvalue weighted by Crippen LogP contribution is 2.37. The Balaban J connectivity index is 1.86. The molecule has 162 valence electrons. The average molecular weight is 425 g/mol. The van der Waals surface area contributed by atoms with Crippen LogP contribution in [0.15, 0.2) is 84.6 Å². The highest BCUT2D eigenvalue weighted by atomic mass is 16.2. The first-order valence-electron chi connectivity index (χ1n) is 11.0. The van der Waals surface area contributed by atoms with Crippen LogP contribution in [0.5, 0.6) is 0 Å². The number of hydrogen-bond donors (Lipinski definition) is 0. The van der Waals surface area contributed by atoms with Gasteiger partial charge >= 0.3 is 0 Å². The van der Waals surface area contributed by atoms with Crippen LogP contribution in [-0.2, 0) is 9.59 Å². The Bertz CT molecular complexity index is 1160. The van der Waals surface area contributed by atoms with E-state index in [0.29, 0.717) is 29.4 Å². The van der Waals surface area contributed by atoms with E-state index in [9.17, 15) is 9.59 Å². The summed E-state index contributed by atoms with van der Waals surface area (Å²) < 4.78 is 0. The second kappa shape index (κ2) is 8.83. The summed E-state index contributed by atoms with van der Waals surface area (Å²) in [5.74, 6) is -0.214. The number of carbonyl (C=O) groups is 2. The molecule has 0 fully saturated rings. The number of aryl methyl sites for hydroxylation is 1. The first-order valence-corrected chi connectivity index (χ1v) is 11.0. The van der Waals surface area contributed by atoms with Crippen molar-refractivity contribution in [3.05, 3.63) is 101 Å². The van der Waals surface area contributed by atoms with Gasteiger partial charge in [-0.3, -0.25) is 9.59 Å². The van der Waals surface area contributed by atoms with Crippen LogP contribution in [0.2, 0.25) is 0 Å². The molecule has 0 aliphatic carbocycles. The third-order valence-corrected chi connectivity index (χ3v) is 5.87. The van der Waals surface area contributed by atoms with Crippen molar-refractivity contribution in [2.75, 3.05) is 16.3 Å². The third-order valence-electron chi connectivity index (χ3n) is 5.87. The maximum atomic E-state index is 13.8. The van der Waals surface area contributed by atoms with Crippen LogP contribution >= 0.6 is 0 Å². The van der Waals surface area contributed by atoms with Gasteiger partial charge in [0.1, 0.15) is 5.70 Å². The zero-order chi connectivity index (χ0) is 22.8. The quantitative estimate of drug-likeness (QED) is 0.461. The van der Waals surface area contributed by atoms with Crippen molar-refractivity contribution < 1.29 is 9.59 Å². The summed E-state index contributed by atoms with van der Waals surface area (Å²) in [7, 11) is 0. The average Bonchev–Trinajstić information content (AvgIpc) is 3.06. The van der Waals surface area contributed by atoms with E-state index in [2.05, 4.69) is 13.8 Å². The van der Waals surface area contributed by atoms with E-state index >= 15 is 0 Å². The number of rotatable bonds is 6. The van der Waals surface area contributed by atoms with Gasteiger partial charge in [-0.1, -0.05) is 74.0 Å². The number of nitrogens with zero attached hydrogens (tertiary/aromatic N) is 2. The molecule has 0 aromatic heterocycles. The fourth-order valence-corrected chi connectivity index (χ4v) is 4.07. The summed E-state index contributed by atoms with van der Waals surface area (Å²) in [6.45, 7) is 8.80. The van der Waals surface area contributed by atoms with Crippen LogP contribution in [-0.4, -0.2) is 18.4 Å². The van der Waals surface area contributed by atoms with E-state index in [4.69, 9.17) is 0 Å². The molecule has 0 radical (unpaired) electrons. The van der Waals surface area contributed by atoms with Gasteiger partial charge < -0.3 is 4.90 Å². The van der Waals surface area contributed by atoms with Crippen molar-refractivity contribution in [3.63, 3.8) is 0 Å². The minimum absolute atomic E-state index is 0.291. The number of amides is 2. The second-order valence-electron chi connectivity index (χ2n) is 8.36. The Morgan fingerprint density at radius 3 is 2.00 bits per heavy atom. The van der Waals surface area contributed by atoms with Crippen molar-refractivity contribution in [2.24, 2.45) is 0 Å². The summed E-state index contributed by atoms with van der Waals surface area (Å²) in [5, 5.41) is 0. The van der Waals surface area contributed by atoms with Gasteiger partial charge in [0.25, 0.3) is 11.8 Å². The van der Waals surface area contributed by atoms with Gasteiger partial charge in [0.05, 0.1) is 11.3 Å². The number of carbonyl (C=O) groups excluding carboxylic acids is 2. The SMILES string of the molecule is CCN(C1=C(c2ccc(C)cc2)C(=O)N(c2ccc(C(C)C)cc2)C1=O)c1ccccc1. The Morgan fingerprint density at radius 2 is 1.44 bits per heavy atom. The molecule has 32 heavy (non-hydrogen) atoms. The molecule has 0 saturated carbocycles. The maximum Gasteiger partial charge on any atom is 0.282 e. The molecule has 0 unspecified atom stereocenters. The summed E-state index contributed by atoms with van der Waals surface area (Å²) in [6, 6.07) is 25.2. The van der Waals surface area contributed by atoms with Crippen LogP contribution in [0.1, 0.15) is 43.4 Å². The van der Waals surface area contributed by atoms with E-state index in [1.807, 2.05) is 97.6 Å². The summed E-state index contributed by atoms with van der Waals surface area (Å²) in [4.78, 5) is 30.7. The Morgan fingerprint density at radius 1 is 0.812 bits per heavy atom. The minimum atomic E-state index is -0.298. The lowest BCUT2D eigenvalue weighted by Crippen LogP contribution is -2.35. The van der Waals surface area contributed by atoms with Crippen LogP contribution in [0, 0.1) is 6.92 Å². The lowest BCUT2D eigenvalue weighted by atomic mass is 10.0. The first-order chi connectivity index (χ1) is 15.4. The monoisotopic (exact) mass is 424 g/mol. The zero-order valence-electron chi connectivity index (χ0n) is 19.0. The maximum absolute atomic E-state index is 13.8. The third kappa shape index (κ3) is 3.84. The van der Waals surface area contributed by atoms with E-state index in [-0.39, 0.29) is 11.8 Å². The molecule has 0 atom stereocenters. The molecule has 3 aromatic carbocycles. The molecule has 1 aliphatic heterocycles. The Hall–Kier alpha value is -3.66. The van der Waals surface area contributed by atoms with Crippen LogP contribution in [0.3, 0.4) is 0 Å². The zero-order valence-corrected chi connectivity index (χ0v) is 19.0. The van der Waals surface area contributed by atoms with Crippen LogP contribution in [0.4, 0.5) is 11.4 Å². The van der Waals surface area contributed by atoms with Gasteiger partial charge in [0.15, 0.2) is 0 Å². The van der Waals surface area contributed by atoms with E-state index < -0.39 is 0 Å². The molecule has 4 heteroatoms. The predicted molar refractivity (Wildman–Crippen MR) is 131 cm³/mol. The van der Waals surface area contributed by atoms with E-state index in [1.54, 1.807) is 0 Å². The molecule has 3 aromatic rings. The smallest absolute Gasteiger partial charge is 0.282 e. The van der Waals surface area contributed by atoms with E-state index in [1.165, 1.54) is 10.5 Å². The number of hydrogen-bond acceptors (Lipinski definition) is 3. The number of likely N-dealkylation sites (N-methyl/N-ethyl adjacent to an activating group) is 1. The van der Waals surface area contributed by atoms with Crippen molar-refractivity contribution in [3.8, 4) is 0 Å². The molecule has 0 spiro atoms. The largest absolute Gasteiger partial charge is 0.337 e. The molecule has 0 saturated heterocycles. The summed E-state index contributed by atoms with van der Waals surface area (Å²) in [5.41, 5.74) is 5.35. The number of anilines is 2. The van der Waals surface area contributed by atoms with Gasteiger partial charge in [-0.2, -0.15) is 0 Å². The molecular weight excluding hydrogens is 396 g/mol. The molecule has 1 heterocycles. The molecule has 4 nitrogen and oxygen atoms in total. The molecule has 0 N–H and O–H groups in total. The Kier molecular flexibility index (Phi) is 5.95.